The summed E-state index contributed by atoms with van der Waals surface area (Å²) in [6.45, 7) is 10.1. The number of rotatable bonds is 8. The molecule has 0 heterocycles. The Morgan fingerprint density at radius 1 is 1.14 bits per heavy atom. The van der Waals surface area contributed by atoms with Crippen LogP contribution in [0.5, 0.6) is 5.75 Å². The van der Waals surface area contributed by atoms with E-state index in [1.165, 1.54) is 6.07 Å². The molecule has 4 nitrogen and oxygen atoms in total. The molecule has 0 aliphatic carbocycles. The maximum Gasteiger partial charge on any atom is 0.257 e. The molecule has 5 heteroatoms. The average Bonchev–Trinajstić information content (AvgIpc) is 2.49. The maximum absolute atomic E-state index is 13.2. The Morgan fingerprint density at radius 3 is 2.38 bits per heavy atom. The van der Waals surface area contributed by atoms with Gasteiger partial charge in [-0.15, -0.1) is 0 Å². The summed E-state index contributed by atoms with van der Waals surface area (Å²) >= 11 is 0. The van der Waals surface area contributed by atoms with Gasteiger partial charge in [0.05, 0.1) is 5.56 Å². The molecular formula is C16H25FN2O2. The number of halogens is 1. The van der Waals surface area contributed by atoms with E-state index in [4.69, 9.17) is 0 Å². The van der Waals surface area contributed by atoms with Gasteiger partial charge in [-0.05, 0) is 51.2 Å². The minimum Gasteiger partial charge on any atom is -0.507 e. The summed E-state index contributed by atoms with van der Waals surface area (Å²) < 4.78 is 13.2. The number of carbonyl (C=O) groups excluding carboxylic acids is 1. The molecule has 118 valence electrons. The lowest BCUT2D eigenvalue weighted by Crippen LogP contribution is -2.34. The smallest absolute Gasteiger partial charge is 0.257 e. The number of carbonyl (C=O) groups is 1. The lowest BCUT2D eigenvalue weighted by atomic mass is 10.1. The summed E-state index contributed by atoms with van der Waals surface area (Å²) in [7, 11) is 0. The summed E-state index contributed by atoms with van der Waals surface area (Å²) in [5, 5.41) is 9.72. The van der Waals surface area contributed by atoms with Crippen molar-refractivity contribution in [1.82, 2.24) is 9.80 Å². The van der Waals surface area contributed by atoms with Gasteiger partial charge in [0.2, 0.25) is 0 Å². The molecular weight excluding hydrogens is 271 g/mol. The highest BCUT2D eigenvalue weighted by atomic mass is 19.1. The molecule has 0 spiro atoms. The predicted octanol–water partition coefficient (Wildman–Crippen LogP) is 2.73. The Bertz CT molecular complexity index is 462. The molecule has 0 unspecified atom stereocenters. The second-order valence-electron chi connectivity index (χ2n) is 4.93. The number of aromatic hydroxyl groups is 1. The van der Waals surface area contributed by atoms with Gasteiger partial charge < -0.3 is 14.9 Å². The van der Waals surface area contributed by atoms with E-state index in [-0.39, 0.29) is 17.2 Å². The molecule has 0 atom stereocenters. The van der Waals surface area contributed by atoms with Gasteiger partial charge in [0, 0.05) is 13.1 Å². The van der Waals surface area contributed by atoms with Crippen molar-refractivity contribution in [2.24, 2.45) is 0 Å². The minimum absolute atomic E-state index is 0.0275. The Kier molecular flexibility index (Phi) is 7.15. The zero-order valence-electron chi connectivity index (χ0n) is 13.1. The monoisotopic (exact) mass is 296 g/mol. The second-order valence-corrected chi connectivity index (χ2v) is 4.93. The Labute approximate surface area is 126 Å². The maximum atomic E-state index is 13.2. The Hall–Kier alpha value is -1.62. The van der Waals surface area contributed by atoms with Crippen molar-refractivity contribution < 1.29 is 14.3 Å². The molecule has 1 aromatic rings. The molecule has 1 amide bonds. The lowest BCUT2D eigenvalue weighted by Gasteiger charge is -2.24. The summed E-state index contributed by atoms with van der Waals surface area (Å²) in [4.78, 5) is 16.3. The van der Waals surface area contributed by atoms with Crippen LogP contribution in [0.2, 0.25) is 0 Å². The van der Waals surface area contributed by atoms with E-state index in [0.717, 1.165) is 38.2 Å². The first-order valence-corrected chi connectivity index (χ1v) is 7.53. The van der Waals surface area contributed by atoms with Gasteiger partial charge in [-0.25, -0.2) is 4.39 Å². The third kappa shape index (κ3) is 5.01. The number of phenols is 1. The quantitative estimate of drug-likeness (QED) is 0.802. The van der Waals surface area contributed by atoms with E-state index in [1.807, 2.05) is 6.92 Å². The molecule has 0 saturated carbocycles. The van der Waals surface area contributed by atoms with E-state index in [0.29, 0.717) is 13.1 Å². The lowest BCUT2D eigenvalue weighted by molar-refractivity contribution is 0.0754. The zero-order valence-corrected chi connectivity index (χ0v) is 13.1. The first-order chi connectivity index (χ1) is 10.0. The van der Waals surface area contributed by atoms with Crippen molar-refractivity contribution in [1.29, 1.82) is 0 Å². The predicted molar refractivity (Wildman–Crippen MR) is 82.0 cm³/mol. The first kappa shape index (κ1) is 17.4. The van der Waals surface area contributed by atoms with Crippen molar-refractivity contribution in [3.63, 3.8) is 0 Å². The molecule has 0 radical (unpaired) electrons. The van der Waals surface area contributed by atoms with Crippen LogP contribution in [0.3, 0.4) is 0 Å². The molecule has 21 heavy (non-hydrogen) atoms. The highest BCUT2D eigenvalue weighted by Crippen LogP contribution is 2.19. The second kappa shape index (κ2) is 8.62. The topological polar surface area (TPSA) is 43.8 Å². The highest BCUT2D eigenvalue weighted by Gasteiger charge is 2.18. The van der Waals surface area contributed by atoms with Crippen LogP contribution in [0.1, 0.15) is 37.6 Å². The van der Waals surface area contributed by atoms with Crippen LogP contribution in [-0.2, 0) is 0 Å². The fourth-order valence-electron chi connectivity index (χ4n) is 2.28. The zero-order chi connectivity index (χ0) is 15.8. The van der Waals surface area contributed by atoms with Gasteiger partial charge in [0.25, 0.3) is 5.91 Å². The SMILES string of the molecule is CCN(CC)CCCN(CC)C(=O)c1cc(F)ccc1O. The molecule has 1 aromatic carbocycles. The summed E-state index contributed by atoms with van der Waals surface area (Å²) in [5.41, 5.74) is 0.0275. The van der Waals surface area contributed by atoms with Crippen molar-refractivity contribution in [2.75, 3.05) is 32.7 Å². The van der Waals surface area contributed by atoms with E-state index < -0.39 is 5.82 Å². The standard InChI is InChI=1S/C16H25FN2O2/c1-4-18(5-2)10-7-11-19(6-3)16(21)14-12-13(17)8-9-15(14)20/h8-9,12,20H,4-7,10-11H2,1-3H3. The third-order valence-electron chi connectivity index (χ3n) is 3.65. The Balaban J connectivity index is 2.67. The van der Waals surface area contributed by atoms with Crippen molar-refractivity contribution in [3.8, 4) is 5.75 Å². The molecule has 0 fully saturated rings. The largest absolute Gasteiger partial charge is 0.507 e. The normalized spacial score (nSPS) is 10.9. The summed E-state index contributed by atoms with van der Waals surface area (Å²) in [6, 6.07) is 3.44. The first-order valence-electron chi connectivity index (χ1n) is 7.53. The van der Waals surface area contributed by atoms with Gasteiger partial charge >= 0.3 is 0 Å². The summed E-state index contributed by atoms with van der Waals surface area (Å²) in [6.07, 6.45) is 0.858. The molecule has 0 aliphatic heterocycles. The van der Waals surface area contributed by atoms with Gasteiger partial charge in [-0.1, -0.05) is 13.8 Å². The number of benzene rings is 1. The fraction of sp³-hybridized carbons (Fsp3) is 0.562. The van der Waals surface area contributed by atoms with Crippen LogP contribution in [-0.4, -0.2) is 53.5 Å². The molecule has 0 bridgehead atoms. The molecule has 1 N–H and O–H groups in total. The fourth-order valence-corrected chi connectivity index (χ4v) is 2.28. The van der Waals surface area contributed by atoms with Crippen LogP contribution >= 0.6 is 0 Å². The van der Waals surface area contributed by atoms with Crippen LogP contribution < -0.4 is 0 Å². The number of nitrogens with zero attached hydrogens (tertiary/aromatic N) is 2. The Morgan fingerprint density at radius 2 is 1.81 bits per heavy atom. The number of hydrogen-bond acceptors (Lipinski definition) is 3. The van der Waals surface area contributed by atoms with Crippen molar-refractivity contribution in [3.05, 3.63) is 29.6 Å². The molecule has 1 rings (SSSR count). The van der Waals surface area contributed by atoms with Gasteiger partial charge in [0.1, 0.15) is 11.6 Å². The van der Waals surface area contributed by atoms with E-state index in [9.17, 15) is 14.3 Å². The molecule has 0 saturated heterocycles. The third-order valence-corrected chi connectivity index (χ3v) is 3.65. The van der Waals surface area contributed by atoms with Gasteiger partial charge in [-0.3, -0.25) is 4.79 Å². The van der Waals surface area contributed by atoms with Crippen LogP contribution in [0.25, 0.3) is 0 Å². The average molecular weight is 296 g/mol. The number of phenolic OH excluding ortho intramolecular Hbond substituents is 1. The van der Waals surface area contributed by atoms with Crippen molar-refractivity contribution >= 4 is 5.91 Å². The van der Waals surface area contributed by atoms with E-state index >= 15 is 0 Å². The molecule has 0 aliphatic rings. The van der Waals surface area contributed by atoms with E-state index in [1.54, 1.807) is 4.90 Å². The van der Waals surface area contributed by atoms with Gasteiger partial charge in [0.15, 0.2) is 0 Å². The number of amides is 1. The van der Waals surface area contributed by atoms with Crippen molar-refractivity contribution in [2.45, 2.75) is 27.2 Å². The molecule has 0 aromatic heterocycles. The minimum atomic E-state index is -0.518. The van der Waals surface area contributed by atoms with Crippen LogP contribution in [0.4, 0.5) is 4.39 Å². The highest BCUT2D eigenvalue weighted by molar-refractivity contribution is 5.96. The van der Waals surface area contributed by atoms with E-state index in [2.05, 4.69) is 18.7 Å². The summed E-state index contributed by atoms with van der Waals surface area (Å²) in [5.74, 6) is -1.02. The van der Waals surface area contributed by atoms with Crippen LogP contribution in [0.15, 0.2) is 18.2 Å². The van der Waals surface area contributed by atoms with Gasteiger partial charge in [-0.2, -0.15) is 0 Å². The number of hydrogen-bond donors (Lipinski definition) is 1. The van der Waals surface area contributed by atoms with Crippen LogP contribution in [0, 0.1) is 5.82 Å².